The van der Waals surface area contributed by atoms with Gasteiger partial charge in [0.15, 0.2) is 0 Å². The van der Waals surface area contributed by atoms with Gasteiger partial charge in [-0.25, -0.2) is 0 Å². The number of benzene rings is 2. The Morgan fingerprint density at radius 3 is 2.61 bits per heavy atom. The minimum atomic E-state index is -4.72. The van der Waals surface area contributed by atoms with E-state index in [4.69, 9.17) is 0 Å². The van der Waals surface area contributed by atoms with Gasteiger partial charge in [0.25, 0.3) is 0 Å². The lowest BCUT2D eigenvalue weighted by atomic mass is 10.0. The summed E-state index contributed by atoms with van der Waals surface area (Å²) in [7, 11) is 0. The van der Waals surface area contributed by atoms with Gasteiger partial charge in [-0.2, -0.15) is 10.2 Å². The van der Waals surface area contributed by atoms with E-state index in [0.717, 1.165) is 22.0 Å². The molecule has 0 radical (unpaired) electrons. The molecule has 0 aliphatic rings. The fourth-order valence-electron chi connectivity index (χ4n) is 2.27. The SMILES string of the molecule is FC(F)(F)Oc1ccc(Cc2nncc3ccccc23)cc1Br. The van der Waals surface area contributed by atoms with E-state index in [1.165, 1.54) is 6.07 Å². The van der Waals surface area contributed by atoms with Gasteiger partial charge < -0.3 is 4.74 Å². The number of aromatic nitrogens is 2. The van der Waals surface area contributed by atoms with Crippen molar-refractivity contribution in [3.63, 3.8) is 0 Å². The molecule has 0 atom stereocenters. The van der Waals surface area contributed by atoms with Crippen LogP contribution in [0, 0.1) is 0 Å². The molecule has 0 fully saturated rings. The summed E-state index contributed by atoms with van der Waals surface area (Å²) in [6, 6.07) is 12.1. The molecule has 118 valence electrons. The smallest absolute Gasteiger partial charge is 0.405 e. The van der Waals surface area contributed by atoms with E-state index in [1.54, 1.807) is 18.3 Å². The van der Waals surface area contributed by atoms with Gasteiger partial charge in [0.2, 0.25) is 0 Å². The zero-order valence-corrected chi connectivity index (χ0v) is 13.2. The Morgan fingerprint density at radius 2 is 1.87 bits per heavy atom. The average Bonchev–Trinajstić information content (AvgIpc) is 2.49. The molecule has 0 spiro atoms. The molecule has 1 heterocycles. The molecule has 3 rings (SSSR count). The summed E-state index contributed by atoms with van der Waals surface area (Å²) >= 11 is 3.10. The van der Waals surface area contributed by atoms with E-state index in [2.05, 4.69) is 30.9 Å². The topological polar surface area (TPSA) is 35.0 Å². The number of ether oxygens (including phenoxy) is 1. The molecular formula is C16H10BrF3N2O. The summed E-state index contributed by atoms with van der Waals surface area (Å²) < 4.78 is 41.0. The molecule has 0 aliphatic heterocycles. The molecule has 0 unspecified atom stereocenters. The van der Waals surface area contributed by atoms with Crippen LogP contribution in [0.5, 0.6) is 5.75 Å². The highest BCUT2D eigenvalue weighted by atomic mass is 79.9. The minimum Gasteiger partial charge on any atom is -0.405 e. The molecule has 0 saturated carbocycles. The van der Waals surface area contributed by atoms with Crippen molar-refractivity contribution in [3.8, 4) is 5.75 Å². The van der Waals surface area contributed by atoms with Gasteiger partial charge in [-0.3, -0.25) is 0 Å². The van der Waals surface area contributed by atoms with Crippen LogP contribution in [0.1, 0.15) is 11.3 Å². The number of alkyl halides is 3. The molecule has 23 heavy (non-hydrogen) atoms. The quantitative estimate of drug-likeness (QED) is 0.647. The van der Waals surface area contributed by atoms with Gasteiger partial charge in [-0.1, -0.05) is 30.3 Å². The highest BCUT2D eigenvalue weighted by molar-refractivity contribution is 9.10. The van der Waals surface area contributed by atoms with Crippen molar-refractivity contribution in [2.75, 3.05) is 0 Å². The molecule has 0 bridgehead atoms. The molecule has 3 nitrogen and oxygen atoms in total. The van der Waals surface area contributed by atoms with Gasteiger partial charge in [-0.15, -0.1) is 13.2 Å². The first kappa shape index (κ1) is 15.7. The zero-order valence-electron chi connectivity index (χ0n) is 11.6. The summed E-state index contributed by atoms with van der Waals surface area (Å²) in [6.45, 7) is 0. The van der Waals surface area contributed by atoms with Gasteiger partial charge >= 0.3 is 6.36 Å². The number of hydrogen-bond donors (Lipinski definition) is 0. The zero-order chi connectivity index (χ0) is 16.4. The Labute approximate surface area is 138 Å². The number of hydrogen-bond acceptors (Lipinski definition) is 3. The fraction of sp³-hybridized carbons (Fsp3) is 0.125. The Morgan fingerprint density at radius 1 is 1.09 bits per heavy atom. The second-order valence-electron chi connectivity index (χ2n) is 4.87. The molecule has 0 amide bonds. The largest absolute Gasteiger partial charge is 0.573 e. The van der Waals surface area contributed by atoms with Gasteiger partial charge in [0, 0.05) is 17.2 Å². The predicted molar refractivity (Wildman–Crippen MR) is 83.2 cm³/mol. The van der Waals surface area contributed by atoms with Crippen LogP contribution in [0.25, 0.3) is 10.8 Å². The summed E-state index contributed by atoms with van der Waals surface area (Å²) in [4.78, 5) is 0. The van der Waals surface area contributed by atoms with Gasteiger partial charge in [0.1, 0.15) is 5.75 Å². The lowest BCUT2D eigenvalue weighted by molar-refractivity contribution is -0.274. The van der Waals surface area contributed by atoms with Crippen LogP contribution >= 0.6 is 15.9 Å². The first-order valence-corrected chi connectivity index (χ1v) is 7.45. The number of halogens is 4. The van der Waals surface area contributed by atoms with Crippen LogP contribution in [-0.4, -0.2) is 16.6 Å². The third kappa shape index (κ3) is 3.79. The normalized spacial score (nSPS) is 11.7. The minimum absolute atomic E-state index is 0.237. The van der Waals surface area contributed by atoms with Crippen molar-refractivity contribution in [1.29, 1.82) is 0 Å². The number of rotatable bonds is 3. The second-order valence-corrected chi connectivity index (χ2v) is 5.72. The summed E-state index contributed by atoms with van der Waals surface area (Å²) in [6.07, 6.45) is -2.58. The van der Waals surface area contributed by atoms with Crippen molar-refractivity contribution < 1.29 is 17.9 Å². The Hall–Kier alpha value is -2.15. The van der Waals surface area contributed by atoms with Crippen LogP contribution in [0.4, 0.5) is 13.2 Å². The van der Waals surface area contributed by atoms with Gasteiger partial charge in [0.05, 0.1) is 16.4 Å². The Kier molecular flexibility index (Phi) is 4.21. The van der Waals surface area contributed by atoms with Gasteiger partial charge in [-0.05, 0) is 33.6 Å². The summed E-state index contributed by atoms with van der Waals surface area (Å²) in [5.74, 6) is -0.273. The molecule has 1 aromatic heterocycles. The first-order valence-electron chi connectivity index (χ1n) is 6.66. The van der Waals surface area contributed by atoms with E-state index < -0.39 is 6.36 Å². The lowest BCUT2D eigenvalue weighted by Gasteiger charge is -2.11. The van der Waals surface area contributed by atoms with E-state index in [9.17, 15) is 13.2 Å². The maximum Gasteiger partial charge on any atom is 0.573 e. The Balaban J connectivity index is 1.89. The molecule has 0 N–H and O–H groups in total. The predicted octanol–water partition coefficient (Wildman–Crippen LogP) is 4.88. The third-order valence-corrected chi connectivity index (χ3v) is 3.86. The first-order chi connectivity index (χ1) is 10.9. The summed E-state index contributed by atoms with van der Waals surface area (Å²) in [5, 5.41) is 10.0. The van der Waals surface area contributed by atoms with Crippen LogP contribution < -0.4 is 4.74 Å². The van der Waals surface area contributed by atoms with Crippen molar-refractivity contribution in [2.24, 2.45) is 0 Å². The monoisotopic (exact) mass is 382 g/mol. The number of nitrogens with zero attached hydrogens (tertiary/aromatic N) is 2. The van der Waals surface area contributed by atoms with E-state index in [0.29, 0.717) is 6.42 Å². The Bertz CT molecular complexity index is 847. The average molecular weight is 383 g/mol. The lowest BCUT2D eigenvalue weighted by Crippen LogP contribution is -2.17. The van der Waals surface area contributed by atoms with Crippen LogP contribution in [-0.2, 0) is 6.42 Å². The molecule has 0 aliphatic carbocycles. The van der Waals surface area contributed by atoms with Crippen LogP contribution in [0.2, 0.25) is 0 Å². The van der Waals surface area contributed by atoms with Crippen LogP contribution in [0.15, 0.2) is 53.1 Å². The molecular weight excluding hydrogens is 373 g/mol. The molecule has 3 aromatic rings. The second kappa shape index (κ2) is 6.16. The van der Waals surface area contributed by atoms with Crippen molar-refractivity contribution in [3.05, 3.63) is 64.4 Å². The van der Waals surface area contributed by atoms with E-state index in [-0.39, 0.29) is 10.2 Å². The van der Waals surface area contributed by atoms with E-state index in [1.807, 2.05) is 24.3 Å². The molecule has 2 aromatic carbocycles. The van der Waals surface area contributed by atoms with E-state index >= 15 is 0 Å². The number of fused-ring (bicyclic) bond motifs is 1. The fourth-order valence-corrected chi connectivity index (χ4v) is 2.78. The van der Waals surface area contributed by atoms with Crippen molar-refractivity contribution in [2.45, 2.75) is 12.8 Å². The third-order valence-electron chi connectivity index (χ3n) is 3.24. The molecule has 7 heteroatoms. The summed E-state index contributed by atoms with van der Waals surface area (Å²) in [5.41, 5.74) is 1.57. The van der Waals surface area contributed by atoms with Crippen LogP contribution in [0.3, 0.4) is 0 Å². The standard InChI is InChI=1S/C16H10BrF3N2O/c17-13-7-10(5-6-15(13)23-16(18,19)20)8-14-12-4-2-1-3-11(12)9-21-22-14/h1-7,9H,8H2. The maximum absolute atomic E-state index is 12.3. The maximum atomic E-state index is 12.3. The molecule has 0 saturated heterocycles. The van der Waals surface area contributed by atoms with Crippen molar-refractivity contribution in [1.82, 2.24) is 10.2 Å². The highest BCUT2D eigenvalue weighted by Gasteiger charge is 2.31. The highest BCUT2D eigenvalue weighted by Crippen LogP contribution is 2.31. The van der Waals surface area contributed by atoms with Crippen molar-refractivity contribution >= 4 is 26.7 Å².